The minimum Gasteiger partial charge on any atom is -0.367 e. The highest BCUT2D eigenvalue weighted by Crippen LogP contribution is 2.25. The van der Waals surface area contributed by atoms with E-state index in [1.807, 2.05) is 19.1 Å². The molecule has 1 amide bonds. The first-order valence-corrected chi connectivity index (χ1v) is 7.50. The lowest BCUT2D eigenvalue weighted by atomic mass is 10.1. The van der Waals surface area contributed by atoms with E-state index in [4.69, 9.17) is 11.6 Å². The summed E-state index contributed by atoms with van der Waals surface area (Å²) in [6, 6.07) is 7.43. The topological polar surface area (TPSA) is 66.9 Å². The fourth-order valence-corrected chi connectivity index (χ4v) is 2.11. The number of amides is 1. The summed E-state index contributed by atoms with van der Waals surface area (Å²) in [4.78, 5) is 19.8. The van der Waals surface area contributed by atoms with Gasteiger partial charge in [-0.25, -0.2) is 9.97 Å². The van der Waals surface area contributed by atoms with E-state index in [0.29, 0.717) is 34.1 Å². The van der Waals surface area contributed by atoms with E-state index in [2.05, 4.69) is 36.5 Å². The number of nitrogens with zero attached hydrogens (tertiary/aromatic N) is 2. The van der Waals surface area contributed by atoms with Crippen molar-refractivity contribution in [1.82, 2.24) is 15.3 Å². The van der Waals surface area contributed by atoms with E-state index in [9.17, 15) is 4.79 Å². The Labute approximate surface area is 136 Å². The molecule has 1 aromatic heterocycles. The standard InChI is InChI=1S/C14H14BrClN4O/c1-9-2-4-10(5-3-9)14(21)18-7-6-17-13-11(15)12(16)19-8-20-13/h2-5,8H,6-7H2,1H3,(H,18,21)(H,17,19,20). The molecule has 0 radical (unpaired) electrons. The number of anilines is 1. The molecule has 110 valence electrons. The van der Waals surface area contributed by atoms with E-state index >= 15 is 0 Å². The maximum atomic E-state index is 11.9. The van der Waals surface area contributed by atoms with E-state index < -0.39 is 0 Å². The summed E-state index contributed by atoms with van der Waals surface area (Å²) in [6.45, 7) is 2.99. The number of nitrogens with one attached hydrogen (secondary N) is 2. The summed E-state index contributed by atoms with van der Waals surface area (Å²) >= 11 is 9.16. The van der Waals surface area contributed by atoms with E-state index in [1.54, 1.807) is 12.1 Å². The fourth-order valence-electron chi connectivity index (χ4n) is 1.64. The zero-order valence-electron chi connectivity index (χ0n) is 11.4. The Hall–Kier alpha value is -1.66. The van der Waals surface area contributed by atoms with Crippen LogP contribution in [0.2, 0.25) is 5.15 Å². The lowest BCUT2D eigenvalue weighted by Gasteiger charge is -2.09. The molecule has 2 N–H and O–H groups in total. The molecule has 0 saturated heterocycles. The minimum atomic E-state index is -0.100. The molecule has 1 heterocycles. The number of carbonyl (C=O) groups is 1. The van der Waals surface area contributed by atoms with Crippen molar-refractivity contribution < 1.29 is 4.79 Å². The summed E-state index contributed by atoms with van der Waals surface area (Å²) in [7, 11) is 0. The fraction of sp³-hybridized carbons (Fsp3) is 0.214. The van der Waals surface area contributed by atoms with Crippen LogP contribution in [0.1, 0.15) is 15.9 Å². The molecule has 0 aliphatic heterocycles. The van der Waals surface area contributed by atoms with Gasteiger partial charge in [-0.3, -0.25) is 4.79 Å². The number of rotatable bonds is 5. The monoisotopic (exact) mass is 368 g/mol. The van der Waals surface area contributed by atoms with Crippen LogP contribution in [-0.4, -0.2) is 29.0 Å². The van der Waals surface area contributed by atoms with Crippen LogP contribution in [-0.2, 0) is 0 Å². The Bertz CT molecular complexity index is 633. The average molecular weight is 370 g/mol. The van der Waals surface area contributed by atoms with Gasteiger partial charge in [0, 0.05) is 18.7 Å². The number of carbonyl (C=O) groups excluding carboxylic acids is 1. The van der Waals surface area contributed by atoms with Gasteiger partial charge in [0.05, 0.1) is 4.47 Å². The van der Waals surface area contributed by atoms with Crippen molar-refractivity contribution in [1.29, 1.82) is 0 Å². The Balaban J connectivity index is 1.80. The zero-order valence-corrected chi connectivity index (χ0v) is 13.7. The molecule has 0 unspecified atom stereocenters. The molecule has 21 heavy (non-hydrogen) atoms. The summed E-state index contributed by atoms with van der Waals surface area (Å²) in [5.74, 6) is 0.496. The van der Waals surface area contributed by atoms with Crippen LogP contribution in [0.3, 0.4) is 0 Å². The molecule has 0 aliphatic carbocycles. The molecule has 0 atom stereocenters. The third-order valence-corrected chi connectivity index (χ3v) is 4.03. The molecule has 0 fully saturated rings. The van der Waals surface area contributed by atoms with Crippen LogP contribution in [0, 0.1) is 6.92 Å². The number of halogens is 2. The van der Waals surface area contributed by atoms with Crippen molar-refractivity contribution in [2.45, 2.75) is 6.92 Å². The molecule has 2 aromatic rings. The van der Waals surface area contributed by atoms with Crippen molar-refractivity contribution in [3.05, 3.63) is 51.3 Å². The van der Waals surface area contributed by atoms with Gasteiger partial charge in [0.1, 0.15) is 17.3 Å². The third-order valence-electron chi connectivity index (χ3n) is 2.76. The van der Waals surface area contributed by atoms with Crippen molar-refractivity contribution in [2.24, 2.45) is 0 Å². The average Bonchev–Trinajstić information content (AvgIpc) is 2.48. The van der Waals surface area contributed by atoms with Crippen LogP contribution in [0.5, 0.6) is 0 Å². The predicted octanol–water partition coefficient (Wildman–Crippen LogP) is 3.04. The minimum absolute atomic E-state index is 0.100. The molecule has 2 rings (SSSR count). The van der Waals surface area contributed by atoms with Crippen molar-refractivity contribution in [3.63, 3.8) is 0 Å². The van der Waals surface area contributed by atoms with Crippen molar-refractivity contribution >= 4 is 39.3 Å². The SMILES string of the molecule is Cc1ccc(C(=O)NCCNc2ncnc(Cl)c2Br)cc1. The third kappa shape index (κ3) is 4.41. The van der Waals surface area contributed by atoms with Crippen molar-refractivity contribution in [3.8, 4) is 0 Å². The highest BCUT2D eigenvalue weighted by Gasteiger charge is 2.07. The van der Waals surface area contributed by atoms with Gasteiger partial charge in [0.25, 0.3) is 5.91 Å². The number of hydrogen-bond donors (Lipinski definition) is 2. The first kappa shape index (κ1) is 15.7. The number of benzene rings is 1. The second-order valence-electron chi connectivity index (χ2n) is 4.38. The zero-order chi connectivity index (χ0) is 15.2. The summed E-state index contributed by atoms with van der Waals surface area (Å²) in [5.41, 5.74) is 1.77. The highest BCUT2D eigenvalue weighted by atomic mass is 79.9. The molecule has 1 aromatic carbocycles. The largest absolute Gasteiger partial charge is 0.367 e. The first-order chi connectivity index (χ1) is 10.1. The molecule has 7 heteroatoms. The van der Waals surface area contributed by atoms with Gasteiger partial charge in [-0.2, -0.15) is 0 Å². The summed E-state index contributed by atoms with van der Waals surface area (Å²) in [5, 5.41) is 6.25. The maximum Gasteiger partial charge on any atom is 0.251 e. The Morgan fingerprint density at radius 1 is 1.24 bits per heavy atom. The first-order valence-electron chi connectivity index (χ1n) is 6.32. The second kappa shape index (κ2) is 7.38. The highest BCUT2D eigenvalue weighted by molar-refractivity contribution is 9.10. The van der Waals surface area contributed by atoms with Gasteiger partial charge in [0.15, 0.2) is 0 Å². The van der Waals surface area contributed by atoms with Gasteiger partial charge in [-0.05, 0) is 35.0 Å². The van der Waals surface area contributed by atoms with Crippen LogP contribution >= 0.6 is 27.5 Å². The summed E-state index contributed by atoms with van der Waals surface area (Å²) in [6.07, 6.45) is 1.38. The molecule has 5 nitrogen and oxygen atoms in total. The van der Waals surface area contributed by atoms with E-state index in [0.717, 1.165) is 5.56 Å². The lowest BCUT2D eigenvalue weighted by molar-refractivity contribution is 0.0955. The van der Waals surface area contributed by atoms with E-state index in [-0.39, 0.29) is 5.91 Å². The Kier molecular flexibility index (Phi) is 5.52. The maximum absolute atomic E-state index is 11.9. The van der Waals surface area contributed by atoms with Crippen molar-refractivity contribution in [2.75, 3.05) is 18.4 Å². The smallest absolute Gasteiger partial charge is 0.251 e. The van der Waals surface area contributed by atoms with Gasteiger partial charge >= 0.3 is 0 Å². The van der Waals surface area contributed by atoms with Gasteiger partial charge < -0.3 is 10.6 Å². The van der Waals surface area contributed by atoms with Crippen LogP contribution in [0.25, 0.3) is 0 Å². The molecule has 0 aliphatic rings. The molecule has 0 bridgehead atoms. The number of aromatic nitrogens is 2. The van der Waals surface area contributed by atoms with Gasteiger partial charge in [0.2, 0.25) is 0 Å². The molecule has 0 saturated carbocycles. The van der Waals surface area contributed by atoms with Crippen LogP contribution in [0.15, 0.2) is 35.1 Å². The van der Waals surface area contributed by atoms with Crippen LogP contribution in [0.4, 0.5) is 5.82 Å². The molecular weight excluding hydrogens is 356 g/mol. The van der Waals surface area contributed by atoms with Crippen LogP contribution < -0.4 is 10.6 Å². The predicted molar refractivity (Wildman–Crippen MR) is 86.7 cm³/mol. The van der Waals surface area contributed by atoms with E-state index in [1.165, 1.54) is 6.33 Å². The summed E-state index contributed by atoms with van der Waals surface area (Å²) < 4.78 is 0.608. The van der Waals surface area contributed by atoms with Gasteiger partial charge in [-0.15, -0.1) is 0 Å². The van der Waals surface area contributed by atoms with Gasteiger partial charge in [-0.1, -0.05) is 29.3 Å². The lowest BCUT2D eigenvalue weighted by Crippen LogP contribution is -2.28. The Morgan fingerprint density at radius 3 is 2.67 bits per heavy atom. The molecule has 0 spiro atoms. The normalized spacial score (nSPS) is 10.2. The quantitative estimate of drug-likeness (QED) is 0.628. The molecular formula is C14H14BrClN4O. The second-order valence-corrected chi connectivity index (χ2v) is 5.53. The number of aryl methyl sites for hydroxylation is 1. The Morgan fingerprint density at radius 2 is 1.95 bits per heavy atom. The number of hydrogen-bond acceptors (Lipinski definition) is 4.